The number of thiophene rings is 1. The van der Waals surface area contributed by atoms with Gasteiger partial charge in [0.2, 0.25) is 5.82 Å². The van der Waals surface area contributed by atoms with Crippen molar-refractivity contribution in [3.63, 3.8) is 0 Å². The quantitative estimate of drug-likeness (QED) is 0.260. The number of H-pyrrole nitrogens is 1. The summed E-state index contributed by atoms with van der Waals surface area (Å²) in [6.07, 6.45) is 2.99. The molecule has 0 radical (unpaired) electrons. The number of carbonyl (C=O) groups is 2. The van der Waals surface area contributed by atoms with Crippen LogP contribution in [0.3, 0.4) is 0 Å². The van der Waals surface area contributed by atoms with Crippen LogP contribution in [0, 0.1) is 21.4 Å². The molecule has 206 valence electrons. The number of piperidine rings is 1. The summed E-state index contributed by atoms with van der Waals surface area (Å²) in [6.45, 7) is 4.37. The zero-order valence-corrected chi connectivity index (χ0v) is 22.6. The highest BCUT2D eigenvalue weighted by Gasteiger charge is 2.48. The van der Waals surface area contributed by atoms with Gasteiger partial charge < -0.3 is 10.2 Å². The molecule has 0 aliphatic carbocycles. The summed E-state index contributed by atoms with van der Waals surface area (Å²) in [5.74, 6) is 0.118. The molecule has 2 aliphatic heterocycles. The molecule has 40 heavy (non-hydrogen) atoms. The van der Waals surface area contributed by atoms with Gasteiger partial charge in [0, 0.05) is 61.5 Å². The van der Waals surface area contributed by atoms with Crippen molar-refractivity contribution in [2.75, 3.05) is 32.7 Å². The van der Waals surface area contributed by atoms with Crippen molar-refractivity contribution < 1.29 is 14.5 Å². The Balaban J connectivity index is 1.16. The minimum atomic E-state index is -0.421. The predicted molar refractivity (Wildman–Crippen MR) is 150 cm³/mol. The molecule has 2 aromatic heterocycles. The van der Waals surface area contributed by atoms with E-state index in [0.29, 0.717) is 29.9 Å². The number of aromatic amines is 1. The van der Waals surface area contributed by atoms with Crippen molar-refractivity contribution in [3.8, 4) is 0 Å². The number of likely N-dealkylation sites (tertiary alicyclic amines) is 2. The van der Waals surface area contributed by atoms with E-state index < -0.39 is 4.92 Å². The smallest absolute Gasteiger partial charge is 0.288 e. The first kappa shape index (κ1) is 26.1. The van der Waals surface area contributed by atoms with Crippen molar-refractivity contribution in [3.05, 3.63) is 87.3 Å². The Morgan fingerprint density at radius 3 is 2.67 bits per heavy atom. The number of nitrogens with one attached hydrogen (secondary N) is 2. The molecule has 2 N–H and O–H groups in total. The first-order valence-electron chi connectivity index (χ1n) is 13.3. The minimum absolute atomic E-state index is 0.0203. The fourth-order valence-electron chi connectivity index (χ4n) is 6.13. The molecule has 2 aromatic carbocycles. The second kappa shape index (κ2) is 10.8. The molecule has 2 saturated heterocycles. The Hall–Kier alpha value is -4.16. The number of fused-ring (bicyclic) bond motifs is 1. The molecule has 1 spiro atoms. The van der Waals surface area contributed by atoms with Gasteiger partial charge in [0.05, 0.1) is 9.80 Å². The topological polar surface area (TPSA) is 137 Å². The molecule has 2 fully saturated rings. The van der Waals surface area contributed by atoms with E-state index in [9.17, 15) is 19.7 Å². The van der Waals surface area contributed by atoms with Crippen molar-refractivity contribution in [1.29, 1.82) is 0 Å². The van der Waals surface area contributed by atoms with Crippen molar-refractivity contribution in [2.45, 2.75) is 19.4 Å². The van der Waals surface area contributed by atoms with Crippen LogP contribution in [0.4, 0.5) is 5.69 Å². The van der Waals surface area contributed by atoms with Crippen LogP contribution in [0.25, 0.3) is 10.1 Å². The third-order valence-corrected chi connectivity index (χ3v) is 9.34. The van der Waals surface area contributed by atoms with E-state index >= 15 is 0 Å². The number of benzene rings is 2. The lowest BCUT2D eigenvalue weighted by atomic mass is 9.70. The van der Waals surface area contributed by atoms with E-state index in [2.05, 4.69) is 37.5 Å². The highest BCUT2D eigenvalue weighted by atomic mass is 32.1. The molecule has 6 rings (SSSR count). The van der Waals surface area contributed by atoms with Crippen molar-refractivity contribution >= 4 is 38.9 Å². The summed E-state index contributed by atoms with van der Waals surface area (Å²) in [5, 5.41) is 21.3. The number of hydrogen-bond acceptors (Lipinski definition) is 8. The number of aromatic nitrogens is 3. The van der Waals surface area contributed by atoms with Crippen molar-refractivity contribution in [2.24, 2.45) is 11.3 Å². The zero-order valence-electron chi connectivity index (χ0n) is 21.8. The first-order chi connectivity index (χ1) is 19.4. The third kappa shape index (κ3) is 5.19. The van der Waals surface area contributed by atoms with E-state index in [1.807, 2.05) is 23.1 Å². The average Bonchev–Trinajstić information content (AvgIpc) is 3.71. The highest BCUT2D eigenvalue weighted by molar-refractivity contribution is 7.20. The molecule has 1 atom stereocenters. The molecule has 0 saturated carbocycles. The Kier molecular flexibility index (Phi) is 7.03. The van der Waals surface area contributed by atoms with Crippen LogP contribution >= 0.6 is 11.3 Å². The predicted octanol–water partition coefficient (Wildman–Crippen LogP) is 3.71. The molecule has 4 heterocycles. The van der Waals surface area contributed by atoms with Gasteiger partial charge in [-0.15, -0.1) is 11.3 Å². The van der Waals surface area contributed by atoms with Crippen LogP contribution < -0.4 is 5.32 Å². The number of non-ortho nitro benzene ring substituents is 1. The lowest BCUT2D eigenvalue weighted by Crippen LogP contribution is -2.48. The van der Waals surface area contributed by atoms with Gasteiger partial charge >= 0.3 is 0 Å². The fraction of sp³-hybridized carbons (Fsp3) is 0.357. The maximum absolute atomic E-state index is 13.4. The Labute approximate surface area is 234 Å². The Morgan fingerprint density at radius 2 is 1.95 bits per heavy atom. The van der Waals surface area contributed by atoms with E-state index in [1.165, 1.54) is 35.4 Å². The average molecular weight is 560 g/mol. The monoisotopic (exact) mass is 559 g/mol. The van der Waals surface area contributed by atoms with Crippen LogP contribution in [0.5, 0.6) is 0 Å². The lowest BCUT2D eigenvalue weighted by molar-refractivity contribution is -0.384. The van der Waals surface area contributed by atoms with E-state index in [1.54, 1.807) is 12.1 Å². The molecule has 12 heteroatoms. The lowest BCUT2D eigenvalue weighted by Gasteiger charge is -2.42. The molecule has 11 nitrogen and oxygen atoms in total. The molecular weight excluding hydrogens is 530 g/mol. The normalized spacial score (nSPS) is 18.8. The molecule has 2 aliphatic rings. The summed E-state index contributed by atoms with van der Waals surface area (Å²) >= 11 is 1.37. The zero-order chi connectivity index (χ0) is 27.7. The van der Waals surface area contributed by atoms with Gasteiger partial charge in [-0.05, 0) is 41.9 Å². The number of carbonyl (C=O) groups excluding carboxylic acids is 2. The minimum Gasteiger partial charge on any atom is -0.349 e. The second-order valence-corrected chi connectivity index (χ2v) is 11.7. The van der Waals surface area contributed by atoms with Crippen LogP contribution in [0.15, 0.2) is 60.9 Å². The number of hydrogen-bond donors (Lipinski definition) is 2. The number of nitro benzene ring substituents is 1. The van der Waals surface area contributed by atoms with Gasteiger partial charge in [0.15, 0.2) is 0 Å². The number of amides is 2. The first-order valence-corrected chi connectivity index (χ1v) is 14.1. The summed E-state index contributed by atoms with van der Waals surface area (Å²) in [7, 11) is 0. The Bertz CT molecular complexity index is 1530. The Morgan fingerprint density at radius 1 is 1.15 bits per heavy atom. The largest absolute Gasteiger partial charge is 0.349 e. The summed E-state index contributed by atoms with van der Waals surface area (Å²) in [5.41, 5.74) is 1.25. The standard InChI is InChI=1S/C28H29N7O4S/c36-26(25-30-18-31-32-25)29-14-21-16-33(15-19-4-2-1-3-5-19)17-28(21)8-10-34(11-9-28)27(37)24-13-20-12-22(35(38)39)6-7-23(20)40-24/h1-7,12-13,18,21H,8-11,14-17H2,(H,29,36)(H,30,31,32). The summed E-state index contributed by atoms with van der Waals surface area (Å²) in [6, 6.07) is 16.8. The van der Waals surface area contributed by atoms with Crippen LogP contribution in [0.2, 0.25) is 0 Å². The van der Waals surface area contributed by atoms with Gasteiger partial charge in [-0.25, -0.2) is 4.98 Å². The van der Waals surface area contributed by atoms with E-state index in [4.69, 9.17) is 0 Å². The molecule has 1 unspecified atom stereocenters. The fourth-order valence-corrected chi connectivity index (χ4v) is 7.14. The van der Waals surface area contributed by atoms with Gasteiger partial charge in [-0.2, -0.15) is 5.10 Å². The molecule has 4 aromatic rings. The molecule has 2 amide bonds. The van der Waals surface area contributed by atoms with E-state index in [-0.39, 0.29) is 34.7 Å². The second-order valence-electron chi connectivity index (χ2n) is 10.6. The summed E-state index contributed by atoms with van der Waals surface area (Å²) < 4.78 is 0.859. The van der Waals surface area contributed by atoms with Crippen molar-refractivity contribution in [1.82, 2.24) is 30.3 Å². The number of nitrogens with zero attached hydrogens (tertiary/aromatic N) is 5. The third-order valence-electron chi connectivity index (χ3n) is 8.24. The number of rotatable bonds is 7. The molecular formula is C28H29N7O4S. The number of nitro groups is 1. The SMILES string of the molecule is O=C(NCC1CN(Cc2ccccc2)CC12CCN(C(=O)c1cc3cc([N+](=O)[O-])ccc3s1)CC2)c1ncn[nH]1. The molecule has 0 bridgehead atoms. The van der Waals surface area contributed by atoms with Gasteiger partial charge in [0.25, 0.3) is 17.5 Å². The summed E-state index contributed by atoms with van der Waals surface area (Å²) in [4.78, 5) is 45.7. The van der Waals surface area contributed by atoms with Gasteiger partial charge in [0.1, 0.15) is 6.33 Å². The van der Waals surface area contributed by atoms with Crippen LogP contribution in [-0.4, -0.2) is 74.4 Å². The van der Waals surface area contributed by atoms with Crippen LogP contribution in [-0.2, 0) is 6.54 Å². The van der Waals surface area contributed by atoms with Gasteiger partial charge in [-0.3, -0.25) is 29.7 Å². The van der Waals surface area contributed by atoms with Gasteiger partial charge in [-0.1, -0.05) is 30.3 Å². The maximum atomic E-state index is 13.4. The maximum Gasteiger partial charge on any atom is 0.288 e. The van der Waals surface area contributed by atoms with E-state index in [0.717, 1.165) is 37.2 Å². The van der Waals surface area contributed by atoms with Crippen LogP contribution in [0.1, 0.15) is 38.7 Å². The highest BCUT2D eigenvalue weighted by Crippen LogP contribution is 2.45.